The molecule has 0 fully saturated rings. The maximum Gasteiger partial charge on any atom is 0.123 e. The molecule has 1 rings (SSSR count). The highest BCUT2D eigenvalue weighted by molar-refractivity contribution is 5.24. The van der Waals surface area contributed by atoms with Crippen LogP contribution in [0.1, 0.15) is 11.6 Å². The summed E-state index contributed by atoms with van der Waals surface area (Å²) in [4.78, 5) is 1.74. The molecule has 1 unspecified atom stereocenters. The van der Waals surface area contributed by atoms with Crippen LogP contribution >= 0.6 is 0 Å². The lowest BCUT2D eigenvalue weighted by Crippen LogP contribution is -2.18. The highest BCUT2D eigenvalue weighted by Crippen LogP contribution is 2.17. The number of nitriles is 1. The Morgan fingerprint density at radius 3 is 2.62 bits per heavy atom. The van der Waals surface area contributed by atoms with Crippen LogP contribution < -0.4 is 0 Å². The molecule has 0 aromatic heterocycles. The third kappa shape index (κ3) is 2.27. The third-order valence-corrected chi connectivity index (χ3v) is 1.80. The number of halogens is 1. The molecule has 0 amide bonds. The van der Waals surface area contributed by atoms with Crippen LogP contribution in [0.3, 0.4) is 0 Å². The second-order valence-electron chi connectivity index (χ2n) is 3.05. The van der Waals surface area contributed by atoms with Crippen molar-refractivity contribution in [2.45, 2.75) is 6.04 Å². The van der Waals surface area contributed by atoms with Crippen molar-refractivity contribution < 1.29 is 4.39 Å². The predicted octanol–water partition coefficient (Wildman–Crippen LogP) is 1.95. The van der Waals surface area contributed by atoms with Crippen molar-refractivity contribution in [1.29, 1.82) is 5.26 Å². The smallest absolute Gasteiger partial charge is 0.123 e. The summed E-state index contributed by atoms with van der Waals surface area (Å²) in [6.45, 7) is 0. The van der Waals surface area contributed by atoms with Gasteiger partial charge in [-0.05, 0) is 31.8 Å². The Morgan fingerprint density at radius 1 is 1.46 bits per heavy atom. The molecular weight excluding hydrogens is 167 g/mol. The van der Waals surface area contributed by atoms with E-state index in [2.05, 4.69) is 6.07 Å². The van der Waals surface area contributed by atoms with Crippen LogP contribution in [0, 0.1) is 17.1 Å². The van der Waals surface area contributed by atoms with Crippen molar-refractivity contribution in [3.63, 3.8) is 0 Å². The van der Waals surface area contributed by atoms with Gasteiger partial charge in [-0.2, -0.15) is 5.26 Å². The highest BCUT2D eigenvalue weighted by Gasteiger charge is 2.12. The van der Waals surface area contributed by atoms with Gasteiger partial charge in [0.25, 0.3) is 0 Å². The standard InChI is InChI=1S/C10H11FN2/c1-13(2)10(7-12)8-4-3-5-9(11)6-8/h3-6,10H,1-2H3. The number of nitrogens with zero attached hydrogens (tertiary/aromatic N) is 2. The largest absolute Gasteiger partial charge is 0.291 e. The Labute approximate surface area is 77.2 Å². The first kappa shape index (κ1) is 9.69. The maximum atomic E-state index is 12.8. The van der Waals surface area contributed by atoms with E-state index < -0.39 is 0 Å². The van der Waals surface area contributed by atoms with Gasteiger partial charge in [-0.15, -0.1) is 0 Å². The molecule has 1 atom stereocenters. The minimum Gasteiger partial charge on any atom is -0.291 e. The van der Waals surface area contributed by atoms with Crippen molar-refractivity contribution in [3.8, 4) is 6.07 Å². The number of hydrogen-bond donors (Lipinski definition) is 0. The van der Waals surface area contributed by atoms with Gasteiger partial charge in [0.1, 0.15) is 11.9 Å². The van der Waals surface area contributed by atoms with Crippen LogP contribution in [0.5, 0.6) is 0 Å². The van der Waals surface area contributed by atoms with E-state index in [1.807, 2.05) is 0 Å². The van der Waals surface area contributed by atoms with E-state index in [0.29, 0.717) is 5.56 Å². The molecule has 0 N–H and O–H groups in total. The van der Waals surface area contributed by atoms with Crippen LogP contribution in [-0.2, 0) is 0 Å². The van der Waals surface area contributed by atoms with E-state index >= 15 is 0 Å². The van der Waals surface area contributed by atoms with E-state index in [9.17, 15) is 4.39 Å². The van der Waals surface area contributed by atoms with Gasteiger partial charge in [-0.1, -0.05) is 12.1 Å². The summed E-state index contributed by atoms with van der Waals surface area (Å²) < 4.78 is 12.8. The van der Waals surface area contributed by atoms with Crippen LogP contribution in [0.15, 0.2) is 24.3 Å². The number of rotatable bonds is 2. The molecule has 0 saturated heterocycles. The molecule has 0 saturated carbocycles. The molecule has 0 aliphatic carbocycles. The Morgan fingerprint density at radius 2 is 2.15 bits per heavy atom. The maximum absolute atomic E-state index is 12.8. The number of benzene rings is 1. The summed E-state index contributed by atoms with van der Waals surface area (Å²) in [5.74, 6) is -0.306. The summed E-state index contributed by atoms with van der Waals surface area (Å²) in [5.41, 5.74) is 0.688. The Kier molecular flexibility index (Phi) is 2.99. The molecule has 3 heteroatoms. The summed E-state index contributed by atoms with van der Waals surface area (Å²) in [6, 6.07) is 7.83. The van der Waals surface area contributed by atoms with Crippen LogP contribution in [-0.4, -0.2) is 19.0 Å². The molecule has 2 nitrogen and oxygen atoms in total. The molecule has 0 bridgehead atoms. The molecule has 0 heterocycles. The van der Waals surface area contributed by atoms with Gasteiger partial charge in [-0.3, -0.25) is 4.90 Å². The lowest BCUT2D eigenvalue weighted by molar-refractivity contribution is 0.357. The van der Waals surface area contributed by atoms with Gasteiger partial charge in [0.2, 0.25) is 0 Å². The van der Waals surface area contributed by atoms with E-state index in [1.54, 1.807) is 31.1 Å². The fourth-order valence-corrected chi connectivity index (χ4v) is 1.16. The first-order valence-electron chi connectivity index (χ1n) is 3.96. The average Bonchev–Trinajstić information content (AvgIpc) is 2.04. The van der Waals surface area contributed by atoms with Gasteiger partial charge in [0.05, 0.1) is 6.07 Å². The minimum atomic E-state index is -0.379. The fraction of sp³-hybridized carbons (Fsp3) is 0.300. The summed E-state index contributed by atoms with van der Waals surface area (Å²) >= 11 is 0. The SMILES string of the molecule is CN(C)C(C#N)c1cccc(F)c1. The van der Waals surface area contributed by atoms with Gasteiger partial charge in [0, 0.05) is 0 Å². The average molecular weight is 178 g/mol. The summed E-state index contributed by atoms with van der Waals surface area (Å²) in [7, 11) is 3.58. The molecule has 68 valence electrons. The molecule has 1 aromatic carbocycles. The first-order chi connectivity index (χ1) is 6.15. The van der Waals surface area contributed by atoms with Gasteiger partial charge in [-0.25, -0.2) is 4.39 Å². The van der Waals surface area contributed by atoms with E-state index in [-0.39, 0.29) is 11.9 Å². The zero-order valence-corrected chi connectivity index (χ0v) is 7.66. The van der Waals surface area contributed by atoms with E-state index in [0.717, 1.165) is 0 Å². The van der Waals surface area contributed by atoms with Gasteiger partial charge < -0.3 is 0 Å². The van der Waals surface area contributed by atoms with Crippen LogP contribution in [0.2, 0.25) is 0 Å². The minimum absolute atomic E-state index is 0.306. The lowest BCUT2D eigenvalue weighted by atomic mass is 10.1. The predicted molar refractivity (Wildman–Crippen MR) is 48.4 cm³/mol. The lowest BCUT2D eigenvalue weighted by Gasteiger charge is -2.16. The topological polar surface area (TPSA) is 27.0 Å². The number of hydrogen-bond acceptors (Lipinski definition) is 2. The molecule has 0 aliphatic heterocycles. The second-order valence-corrected chi connectivity index (χ2v) is 3.05. The van der Waals surface area contributed by atoms with Gasteiger partial charge >= 0.3 is 0 Å². The summed E-state index contributed by atoms with van der Waals surface area (Å²) in [5, 5.41) is 8.83. The molecule has 0 spiro atoms. The van der Waals surface area contributed by atoms with E-state index in [1.165, 1.54) is 12.1 Å². The molecule has 13 heavy (non-hydrogen) atoms. The van der Waals surface area contributed by atoms with Gasteiger partial charge in [0.15, 0.2) is 0 Å². The van der Waals surface area contributed by atoms with Crippen molar-refractivity contribution in [1.82, 2.24) is 4.90 Å². The van der Waals surface area contributed by atoms with Crippen molar-refractivity contribution in [3.05, 3.63) is 35.6 Å². The fourth-order valence-electron chi connectivity index (χ4n) is 1.16. The zero-order valence-electron chi connectivity index (χ0n) is 7.66. The Hall–Kier alpha value is -1.40. The van der Waals surface area contributed by atoms with Crippen LogP contribution in [0.4, 0.5) is 4.39 Å². The van der Waals surface area contributed by atoms with Crippen LogP contribution in [0.25, 0.3) is 0 Å². The zero-order chi connectivity index (χ0) is 9.84. The molecular formula is C10H11FN2. The van der Waals surface area contributed by atoms with Crippen molar-refractivity contribution in [2.24, 2.45) is 0 Å². The molecule has 0 aliphatic rings. The van der Waals surface area contributed by atoms with Crippen molar-refractivity contribution in [2.75, 3.05) is 14.1 Å². The third-order valence-electron chi connectivity index (χ3n) is 1.80. The normalized spacial score (nSPS) is 12.5. The quantitative estimate of drug-likeness (QED) is 0.692. The highest BCUT2D eigenvalue weighted by atomic mass is 19.1. The first-order valence-corrected chi connectivity index (χ1v) is 3.96. The Bertz CT molecular complexity index is 328. The summed E-state index contributed by atoms with van der Waals surface area (Å²) in [6.07, 6.45) is 0. The second kappa shape index (κ2) is 4.01. The Balaban J connectivity index is 3.00. The van der Waals surface area contributed by atoms with E-state index in [4.69, 9.17) is 5.26 Å². The molecule has 0 radical (unpaired) electrons. The molecule has 1 aromatic rings. The monoisotopic (exact) mass is 178 g/mol. The van der Waals surface area contributed by atoms with Crippen molar-refractivity contribution >= 4 is 0 Å².